The minimum Gasteiger partial charge on any atom is -0.497 e. The summed E-state index contributed by atoms with van der Waals surface area (Å²) in [6.45, 7) is 2.26. The number of methoxy groups -OCH3 is 1. The number of carbonyl (C=O) groups is 1. The van der Waals surface area contributed by atoms with Gasteiger partial charge in [-0.3, -0.25) is 14.2 Å². The van der Waals surface area contributed by atoms with Crippen molar-refractivity contribution in [2.45, 2.75) is 20.0 Å². The molecule has 0 saturated heterocycles. The first-order valence-corrected chi connectivity index (χ1v) is 8.87. The molecule has 0 bridgehead atoms. The summed E-state index contributed by atoms with van der Waals surface area (Å²) in [5.74, 6) is 0.242. The zero-order valence-corrected chi connectivity index (χ0v) is 15.7. The SMILES string of the molecule is COc1ccc(Cn2cnc3c4cc(C)ccc4n(CC(N)=O)c3c2=O)cc1. The van der Waals surface area contributed by atoms with Gasteiger partial charge < -0.3 is 15.0 Å². The number of aromatic nitrogens is 3. The largest absolute Gasteiger partial charge is 0.497 e. The van der Waals surface area contributed by atoms with Crippen molar-refractivity contribution in [2.75, 3.05) is 7.11 Å². The zero-order chi connectivity index (χ0) is 19.8. The first-order chi connectivity index (χ1) is 13.5. The summed E-state index contributed by atoms with van der Waals surface area (Å²) in [5, 5.41) is 0.838. The van der Waals surface area contributed by atoms with Crippen molar-refractivity contribution < 1.29 is 9.53 Å². The van der Waals surface area contributed by atoms with Crippen LogP contribution in [0.5, 0.6) is 5.75 Å². The smallest absolute Gasteiger partial charge is 0.278 e. The Hall–Kier alpha value is -3.61. The number of hydrogen-bond donors (Lipinski definition) is 1. The zero-order valence-electron chi connectivity index (χ0n) is 15.7. The molecule has 0 aliphatic carbocycles. The Bertz CT molecular complexity index is 1250. The van der Waals surface area contributed by atoms with E-state index in [4.69, 9.17) is 10.5 Å². The molecule has 0 aliphatic rings. The molecular weight excluding hydrogens is 356 g/mol. The first kappa shape index (κ1) is 17.8. The summed E-state index contributed by atoms with van der Waals surface area (Å²) in [5.41, 5.74) is 8.95. The fraction of sp³-hybridized carbons (Fsp3) is 0.190. The second-order valence-electron chi connectivity index (χ2n) is 6.80. The maximum absolute atomic E-state index is 13.2. The van der Waals surface area contributed by atoms with Gasteiger partial charge in [-0.05, 0) is 36.8 Å². The second kappa shape index (κ2) is 6.84. The number of carbonyl (C=O) groups excluding carboxylic acids is 1. The van der Waals surface area contributed by atoms with Crippen molar-refractivity contribution in [3.63, 3.8) is 0 Å². The Balaban J connectivity index is 1.90. The Morgan fingerprint density at radius 3 is 2.61 bits per heavy atom. The first-order valence-electron chi connectivity index (χ1n) is 8.87. The predicted molar refractivity (Wildman–Crippen MR) is 108 cm³/mol. The van der Waals surface area contributed by atoms with Crippen molar-refractivity contribution >= 4 is 27.8 Å². The normalized spacial score (nSPS) is 11.2. The average Bonchev–Trinajstić information content (AvgIpc) is 2.97. The van der Waals surface area contributed by atoms with E-state index in [1.807, 2.05) is 49.4 Å². The summed E-state index contributed by atoms with van der Waals surface area (Å²) in [7, 11) is 1.61. The highest BCUT2D eigenvalue weighted by Gasteiger charge is 2.17. The molecule has 0 fully saturated rings. The van der Waals surface area contributed by atoms with Gasteiger partial charge in [0.05, 0.1) is 25.5 Å². The number of nitrogens with two attached hydrogens (primary N) is 1. The van der Waals surface area contributed by atoms with E-state index < -0.39 is 5.91 Å². The number of amides is 1. The van der Waals surface area contributed by atoms with E-state index in [1.165, 1.54) is 4.57 Å². The molecule has 2 heterocycles. The highest BCUT2D eigenvalue weighted by atomic mass is 16.5. The molecule has 7 heteroatoms. The molecule has 28 heavy (non-hydrogen) atoms. The Morgan fingerprint density at radius 2 is 1.93 bits per heavy atom. The molecule has 0 aliphatic heterocycles. The van der Waals surface area contributed by atoms with Gasteiger partial charge in [0.2, 0.25) is 5.91 Å². The van der Waals surface area contributed by atoms with Crippen LogP contribution in [-0.2, 0) is 17.9 Å². The molecule has 4 aromatic rings. The maximum Gasteiger partial charge on any atom is 0.278 e. The number of aryl methyl sites for hydroxylation is 1. The molecule has 0 unspecified atom stereocenters. The molecule has 7 nitrogen and oxygen atoms in total. The average molecular weight is 376 g/mol. The molecule has 2 N–H and O–H groups in total. The van der Waals surface area contributed by atoms with Crippen LogP contribution in [0.2, 0.25) is 0 Å². The molecule has 2 aromatic carbocycles. The van der Waals surface area contributed by atoms with Gasteiger partial charge in [-0.25, -0.2) is 4.98 Å². The molecule has 142 valence electrons. The highest BCUT2D eigenvalue weighted by molar-refractivity contribution is 6.06. The monoisotopic (exact) mass is 376 g/mol. The molecule has 0 atom stereocenters. The van der Waals surface area contributed by atoms with Gasteiger partial charge >= 0.3 is 0 Å². The number of benzene rings is 2. The number of rotatable bonds is 5. The third-order valence-electron chi connectivity index (χ3n) is 4.81. The van der Waals surface area contributed by atoms with Crippen molar-refractivity contribution in [3.8, 4) is 5.75 Å². The molecule has 0 radical (unpaired) electrons. The van der Waals surface area contributed by atoms with Gasteiger partial charge in [0.25, 0.3) is 5.56 Å². The van der Waals surface area contributed by atoms with Crippen molar-refractivity contribution in [2.24, 2.45) is 5.73 Å². The predicted octanol–water partition coefficient (Wildman–Crippen LogP) is 2.20. The fourth-order valence-corrected chi connectivity index (χ4v) is 3.47. The lowest BCUT2D eigenvalue weighted by atomic mass is 10.1. The van der Waals surface area contributed by atoms with Gasteiger partial charge in [-0.2, -0.15) is 0 Å². The summed E-state index contributed by atoms with van der Waals surface area (Å²) in [6, 6.07) is 13.3. The minimum absolute atomic E-state index is 0.0769. The lowest BCUT2D eigenvalue weighted by molar-refractivity contribution is -0.118. The molecular formula is C21H20N4O3. The van der Waals surface area contributed by atoms with Crippen molar-refractivity contribution in [3.05, 3.63) is 70.3 Å². The van der Waals surface area contributed by atoms with Gasteiger partial charge in [0.1, 0.15) is 23.3 Å². The van der Waals surface area contributed by atoms with Crippen LogP contribution in [0.4, 0.5) is 0 Å². The highest BCUT2D eigenvalue weighted by Crippen LogP contribution is 2.26. The van der Waals surface area contributed by atoms with Crippen molar-refractivity contribution in [1.29, 1.82) is 0 Å². The van der Waals surface area contributed by atoms with E-state index in [2.05, 4.69) is 4.98 Å². The lowest BCUT2D eigenvalue weighted by Gasteiger charge is -2.08. The lowest BCUT2D eigenvalue weighted by Crippen LogP contribution is -2.25. The number of primary amides is 1. The van der Waals surface area contributed by atoms with Crippen LogP contribution in [0.15, 0.2) is 53.6 Å². The topological polar surface area (TPSA) is 92.1 Å². The minimum atomic E-state index is -0.510. The van der Waals surface area contributed by atoms with Crippen LogP contribution in [0.1, 0.15) is 11.1 Å². The molecule has 0 saturated carbocycles. The van der Waals surface area contributed by atoms with Crippen LogP contribution in [0, 0.1) is 6.92 Å². The number of hydrogen-bond acceptors (Lipinski definition) is 4. The van der Waals surface area contributed by atoms with E-state index in [1.54, 1.807) is 18.0 Å². The van der Waals surface area contributed by atoms with Crippen LogP contribution < -0.4 is 16.0 Å². The van der Waals surface area contributed by atoms with Gasteiger partial charge in [0, 0.05) is 5.39 Å². The standard InChI is InChI=1S/C21H20N4O3/c1-13-3-8-17-16(9-13)19-20(25(17)11-18(22)26)21(27)24(12-23-19)10-14-4-6-15(28-2)7-5-14/h3-9,12H,10-11H2,1-2H3,(H2,22,26). The van der Waals surface area contributed by atoms with E-state index >= 15 is 0 Å². The second-order valence-corrected chi connectivity index (χ2v) is 6.80. The van der Waals surface area contributed by atoms with Gasteiger partial charge in [-0.15, -0.1) is 0 Å². The number of ether oxygens (including phenoxy) is 1. The van der Waals surface area contributed by atoms with E-state index in [-0.39, 0.29) is 12.1 Å². The number of nitrogens with zero attached hydrogens (tertiary/aromatic N) is 3. The van der Waals surface area contributed by atoms with E-state index in [0.29, 0.717) is 17.6 Å². The van der Waals surface area contributed by atoms with Crippen LogP contribution in [0.25, 0.3) is 21.9 Å². The summed E-state index contributed by atoms with van der Waals surface area (Å²) in [6.07, 6.45) is 1.55. The number of fused-ring (bicyclic) bond motifs is 3. The fourth-order valence-electron chi connectivity index (χ4n) is 3.47. The molecule has 4 rings (SSSR count). The molecule has 2 aromatic heterocycles. The van der Waals surface area contributed by atoms with Gasteiger partial charge in [-0.1, -0.05) is 23.8 Å². The third kappa shape index (κ3) is 3.00. The summed E-state index contributed by atoms with van der Waals surface area (Å²) in [4.78, 5) is 29.4. The molecule has 0 spiro atoms. The Kier molecular flexibility index (Phi) is 4.35. The van der Waals surface area contributed by atoms with Crippen LogP contribution in [0.3, 0.4) is 0 Å². The summed E-state index contributed by atoms with van der Waals surface area (Å²) >= 11 is 0. The third-order valence-corrected chi connectivity index (χ3v) is 4.81. The summed E-state index contributed by atoms with van der Waals surface area (Å²) < 4.78 is 8.36. The van der Waals surface area contributed by atoms with Crippen LogP contribution >= 0.6 is 0 Å². The maximum atomic E-state index is 13.2. The van der Waals surface area contributed by atoms with E-state index in [0.717, 1.165) is 27.8 Å². The molecule has 1 amide bonds. The van der Waals surface area contributed by atoms with E-state index in [9.17, 15) is 9.59 Å². The Labute approximate surface area is 161 Å². The van der Waals surface area contributed by atoms with Crippen LogP contribution in [-0.4, -0.2) is 27.1 Å². The quantitative estimate of drug-likeness (QED) is 0.578. The van der Waals surface area contributed by atoms with Crippen molar-refractivity contribution in [1.82, 2.24) is 14.1 Å². The van der Waals surface area contributed by atoms with Gasteiger partial charge in [0.15, 0.2) is 0 Å². The Morgan fingerprint density at radius 1 is 1.18 bits per heavy atom.